The molecule has 3 nitrogen and oxygen atoms in total. The van der Waals surface area contributed by atoms with Crippen molar-refractivity contribution in [1.82, 2.24) is 0 Å². The number of esters is 1. The van der Waals surface area contributed by atoms with E-state index < -0.39 is 6.04 Å². The van der Waals surface area contributed by atoms with Crippen LogP contribution in [0.25, 0.3) is 0 Å². The number of anilines is 1. The van der Waals surface area contributed by atoms with E-state index in [1.54, 1.807) is 25.1 Å². The van der Waals surface area contributed by atoms with Gasteiger partial charge < -0.3 is 10.1 Å². The fourth-order valence-electron chi connectivity index (χ4n) is 1.27. The van der Waals surface area contributed by atoms with Gasteiger partial charge in [0.1, 0.15) is 6.04 Å². The second-order valence-corrected chi connectivity index (χ2v) is 4.56. The van der Waals surface area contributed by atoms with Gasteiger partial charge in [-0.3, -0.25) is 0 Å². The first-order chi connectivity index (χ1) is 8.02. The molecule has 0 bridgehead atoms. The minimum atomic E-state index is -0.434. The zero-order valence-corrected chi connectivity index (χ0v) is 11.3. The summed E-state index contributed by atoms with van der Waals surface area (Å²) in [4.78, 5) is 11.5. The molecule has 0 spiro atoms. The molecule has 0 aliphatic carbocycles. The van der Waals surface area contributed by atoms with Gasteiger partial charge in [-0.15, -0.1) is 0 Å². The summed E-state index contributed by atoms with van der Waals surface area (Å²) < 4.78 is 5.02. The van der Waals surface area contributed by atoms with E-state index in [9.17, 15) is 4.79 Å². The van der Waals surface area contributed by atoms with Crippen LogP contribution in [-0.2, 0) is 9.53 Å². The number of hydrogen-bond donors (Lipinski definition) is 1. The van der Waals surface area contributed by atoms with Crippen LogP contribution in [0, 0.1) is 0 Å². The lowest BCUT2D eigenvalue weighted by atomic mass is 10.2. The van der Waals surface area contributed by atoms with E-state index in [-0.39, 0.29) is 5.97 Å². The second kappa shape index (κ2) is 6.72. The Morgan fingerprint density at radius 3 is 2.47 bits per heavy atom. The van der Waals surface area contributed by atoms with E-state index in [0.717, 1.165) is 6.42 Å². The van der Waals surface area contributed by atoms with Gasteiger partial charge in [0.25, 0.3) is 0 Å². The normalized spacial score (nSPS) is 12.0. The molecule has 94 valence electrons. The van der Waals surface area contributed by atoms with Crippen molar-refractivity contribution in [1.29, 1.82) is 0 Å². The van der Waals surface area contributed by atoms with Crippen LogP contribution in [0.5, 0.6) is 0 Å². The SMILES string of the molecule is CCCOC(=O)C(C)Nc1cc(Cl)cc(Cl)c1. The van der Waals surface area contributed by atoms with Gasteiger partial charge in [0.05, 0.1) is 6.61 Å². The van der Waals surface area contributed by atoms with Crippen molar-refractivity contribution in [3.63, 3.8) is 0 Å². The van der Waals surface area contributed by atoms with Crippen molar-refractivity contribution < 1.29 is 9.53 Å². The number of carbonyl (C=O) groups is 1. The van der Waals surface area contributed by atoms with E-state index in [1.807, 2.05) is 6.92 Å². The molecule has 0 radical (unpaired) electrons. The highest BCUT2D eigenvalue weighted by Gasteiger charge is 2.14. The van der Waals surface area contributed by atoms with Crippen molar-refractivity contribution in [3.8, 4) is 0 Å². The fourth-order valence-corrected chi connectivity index (χ4v) is 1.80. The number of halogens is 2. The largest absolute Gasteiger partial charge is 0.464 e. The Balaban J connectivity index is 2.60. The van der Waals surface area contributed by atoms with Crippen molar-refractivity contribution in [2.45, 2.75) is 26.3 Å². The first-order valence-electron chi connectivity index (χ1n) is 5.42. The molecule has 17 heavy (non-hydrogen) atoms. The van der Waals surface area contributed by atoms with Crippen LogP contribution in [0.2, 0.25) is 10.0 Å². The highest BCUT2D eigenvalue weighted by molar-refractivity contribution is 6.35. The average molecular weight is 276 g/mol. The second-order valence-electron chi connectivity index (χ2n) is 3.69. The molecule has 1 unspecified atom stereocenters. The monoisotopic (exact) mass is 275 g/mol. The van der Waals surface area contributed by atoms with Gasteiger partial charge >= 0.3 is 5.97 Å². The quantitative estimate of drug-likeness (QED) is 0.832. The summed E-state index contributed by atoms with van der Waals surface area (Å²) in [5.41, 5.74) is 0.698. The molecule has 1 aromatic rings. The molecular formula is C12H15Cl2NO2. The molecule has 0 saturated carbocycles. The lowest BCUT2D eigenvalue weighted by Crippen LogP contribution is -2.28. The summed E-state index contributed by atoms with van der Waals surface area (Å²) in [6.07, 6.45) is 0.807. The van der Waals surface area contributed by atoms with Gasteiger partial charge in [0, 0.05) is 15.7 Å². The van der Waals surface area contributed by atoms with Gasteiger partial charge in [0.15, 0.2) is 0 Å². The maximum atomic E-state index is 11.5. The Kier molecular flexibility index (Phi) is 5.59. The smallest absolute Gasteiger partial charge is 0.328 e. The molecule has 0 amide bonds. The summed E-state index contributed by atoms with van der Waals surface area (Å²) in [5, 5.41) is 4.03. The first-order valence-corrected chi connectivity index (χ1v) is 6.17. The zero-order valence-electron chi connectivity index (χ0n) is 9.80. The first kappa shape index (κ1) is 14.1. The summed E-state index contributed by atoms with van der Waals surface area (Å²) in [5.74, 6) is -0.289. The zero-order chi connectivity index (χ0) is 12.8. The third-order valence-corrected chi connectivity index (χ3v) is 2.48. The molecule has 0 aromatic heterocycles. The summed E-state index contributed by atoms with van der Waals surface area (Å²) >= 11 is 11.7. The third kappa shape index (κ3) is 4.84. The van der Waals surface area contributed by atoms with Crippen LogP contribution in [-0.4, -0.2) is 18.6 Å². The lowest BCUT2D eigenvalue weighted by Gasteiger charge is -2.14. The number of benzene rings is 1. The number of carbonyl (C=O) groups excluding carboxylic acids is 1. The minimum Gasteiger partial charge on any atom is -0.464 e. The van der Waals surface area contributed by atoms with Gasteiger partial charge in [0.2, 0.25) is 0 Å². The predicted octanol–water partition coefficient (Wildman–Crippen LogP) is 3.75. The third-order valence-electron chi connectivity index (χ3n) is 2.05. The number of nitrogens with one attached hydrogen (secondary N) is 1. The number of ether oxygens (including phenoxy) is 1. The summed E-state index contributed by atoms with van der Waals surface area (Å²) in [6.45, 7) is 4.11. The molecule has 0 heterocycles. The Morgan fingerprint density at radius 2 is 1.94 bits per heavy atom. The Labute approximate surface area is 111 Å². The lowest BCUT2D eigenvalue weighted by molar-refractivity contribution is -0.144. The summed E-state index contributed by atoms with van der Waals surface area (Å²) in [6, 6.07) is 4.61. The standard InChI is InChI=1S/C12H15Cl2NO2/c1-3-4-17-12(16)8(2)15-11-6-9(13)5-10(14)7-11/h5-8,15H,3-4H2,1-2H3. The van der Waals surface area contributed by atoms with Crippen LogP contribution >= 0.6 is 23.2 Å². The molecule has 0 saturated heterocycles. The number of hydrogen-bond acceptors (Lipinski definition) is 3. The van der Waals surface area contributed by atoms with Crippen molar-refractivity contribution in [3.05, 3.63) is 28.2 Å². The predicted molar refractivity (Wildman–Crippen MR) is 70.8 cm³/mol. The molecule has 1 rings (SSSR count). The molecule has 1 atom stereocenters. The van der Waals surface area contributed by atoms with E-state index in [2.05, 4.69) is 5.32 Å². The number of rotatable bonds is 5. The van der Waals surface area contributed by atoms with Gasteiger partial charge in [-0.2, -0.15) is 0 Å². The van der Waals surface area contributed by atoms with Gasteiger partial charge in [-0.25, -0.2) is 4.79 Å². The maximum absolute atomic E-state index is 11.5. The molecular weight excluding hydrogens is 261 g/mol. The minimum absolute atomic E-state index is 0.289. The molecule has 0 aliphatic heterocycles. The van der Waals surface area contributed by atoms with Gasteiger partial charge in [-0.1, -0.05) is 30.1 Å². The van der Waals surface area contributed by atoms with Crippen LogP contribution in [0.15, 0.2) is 18.2 Å². The highest BCUT2D eigenvalue weighted by atomic mass is 35.5. The fraction of sp³-hybridized carbons (Fsp3) is 0.417. The van der Waals surface area contributed by atoms with Crippen LogP contribution < -0.4 is 5.32 Å². The highest BCUT2D eigenvalue weighted by Crippen LogP contribution is 2.22. The van der Waals surface area contributed by atoms with E-state index >= 15 is 0 Å². The topological polar surface area (TPSA) is 38.3 Å². The van der Waals surface area contributed by atoms with Crippen molar-refractivity contribution in [2.24, 2.45) is 0 Å². The average Bonchev–Trinajstić information content (AvgIpc) is 2.24. The van der Waals surface area contributed by atoms with Crippen molar-refractivity contribution in [2.75, 3.05) is 11.9 Å². The molecule has 0 aliphatic rings. The van der Waals surface area contributed by atoms with Crippen LogP contribution in [0.1, 0.15) is 20.3 Å². The maximum Gasteiger partial charge on any atom is 0.328 e. The van der Waals surface area contributed by atoms with E-state index in [1.165, 1.54) is 0 Å². The molecule has 5 heteroatoms. The Hall–Kier alpha value is -0.930. The van der Waals surface area contributed by atoms with Gasteiger partial charge in [-0.05, 0) is 31.5 Å². The van der Waals surface area contributed by atoms with Crippen LogP contribution in [0.4, 0.5) is 5.69 Å². The van der Waals surface area contributed by atoms with Crippen molar-refractivity contribution >= 4 is 34.9 Å². The Morgan fingerprint density at radius 1 is 1.35 bits per heavy atom. The molecule has 1 N–H and O–H groups in total. The van der Waals surface area contributed by atoms with E-state index in [0.29, 0.717) is 22.3 Å². The molecule has 1 aromatic carbocycles. The van der Waals surface area contributed by atoms with E-state index in [4.69, 9.17) is 27.9 Å². The van der Waals surface area contributed by atoms with Crippen LogP contribution in [0.3, 0.4) is 0 Å². The summed E-state index contributed by atoms with van der Waals surface area (Å²) in [7, 11) is 0. The molecule has 0 fully saturated rings. The Bertz CT molecular complexity index is 376.